The van der Waals surface area contributed by atoms with Crippen LogP contribution in [-0.2, 0) is 6.42 Å². The Balaban J connectivity index is 1.90. The second-order valence-corrected chi connectivity index (χ2v) is 6.10. The van der Waals surface area contributed by atoms with Crippen molar-refractivity contribution < 1.29 is 4.74 Å². The van der Waals surface area contributed by atoms with Gasteiger partial charge in [0.25, 0.3) is 0 Å². The van der Waals surface area contributed by atoms with Gasteiger partial charge in [-0.15, -0.1) is 0 Å². The van der Waals surface area contributed by atoms with Gasteiger partial charge in [0.05, 0.1) is 6.61 Å². The molecule has 2 rings (SSSR count). The van der Waals surface area contributed by atoms with E-state index >= 15 is 0 Å². The summed E-state index contributed by atoms with van der Waals surface area (Å²) in [6.07, 6.45) is 5.03. The number of benzene rings is 1. The molecule has 106 valence electrons. The van der Waals surface area contributed by atoms with E-state index in [0.29, 0.717) is 12.0 Å². The zero-order chi connectivity index (χ0) is 13.7. The van der Waals surface area contributed by atoms with Gasteiger partial charge in [0.1, 0.15) is 5.75 Å². The summed E-state index contributed by atoms with van der Waals surface area (Å²) in [5, 5.41) is 3.50. The van der Waals surface area contributed by atoms with E-state index in [1.807, 2.05) is 0 Å². The molecule has 0 amide bonds. The van der Waals surface area contributed by atoms with Crippen molar-refractivity contribution in [1.29, 1.82) is 0 Å². The third-order valence-electron chi connectivity index (χ3n) is 4.14. The minimum atomic E-state index is 0.576. The fourth-order valence-electron chi connectivity index (χ4n) is 2.97. The highest BCUT2D eigenvalue weighted by molar-refractivity contribution is 5.35. The minimum Gasteiger partial charge on any atom is -0.493 e. The molecule has 1 aliphatic rings. The van der Waals surface area contributed by atoms with Gasteiger partial charge in [-0.1, -0.05) is 44.9 Å². The van der Waals surface area contributed by atoms with Crippen molar-refractivity contribution in [2.24, 2.45) is 11.8 Å². The molecule has 0 aromatic heterocycles. The van der Waals surface area contributed by atoms with Crippen LogP contribution >= 0.6 is 0 Å². The van der Waals surface area contributed by atoms with Crippen molar-refractivity contribution in [1.82, 2.24) is 5.32 Å². The van der Waals surface area contributed by atoms with Crippen LogP contribution in [0.2, 0.25) is 0 Å². The first-order chi connectivity index (χ1) is 9.20. The average molecular weight is 261 g/mol. The summed E-state index contributed by atoms with van der Waals surface area (Å²) in [6, 6.07) is 9.02. The fourth-order valence-corrected chi connectivity index (χ4v) is 2.97. The van der Waals surface area contributed by atoms with E-state index < -0.39 is 0 Å². The molecule has 0 aliphatic carbocycles. The molecule has 2 heteroatoms. The van der Waals surface area contributed by atoms with Gasteiger partial charge in [0.2, 0.25) is 0 Å². The van der Waals surface area contributed by atoms with Crippen LogP contribution in [0.4, 0.5) is 0 Å². The van der Waals surface area contributed by atoms with Gasteiger partial charge in [0, 0.05) is 12.0 Å². The second-order valence-electron chi connectivity index (χ2n) is 6.10. The van der Waals surface area contributed by atoms with Gasteiger partial charge >= 0.3 is 0 Å². The first kappa shape index (κ1) is 14.4. The highest BCUT2D eigenvalue weighted by Crippen LogP contribution is 2.29. The summed E-state index contributed by atoms with van der Waals surface area (Å²) < 4.78 is 5.91. The van der Waals surface area contributed by atoms with E-state index in [1.54, 1.807) is 0 Å². The van der Waals surface area contributed by atoms with Gasteiger partial charge in [-0.25, -0.2) is 0 Å². The summed E-state index contributed by atoms with van der Waals surface area (Å²) in [5.41, 5.74) is 1.36. The van der Waals surface area contributed by atoms with Crippen molar-refractivity contribution in [3.05, 3.63) is 29.8 Å². The summed E-state index contributed by atoms with van der Waals surface area (Å²) in [6.45, 7) is 5.45. The Morgan fingerprint density at radius 1 is 1.26 bits per heavy atom. The largest absolute Gasteiger partial charge is 0.493 e. The molecule has 0 bridgehead atoms. The third-order valence-corrected chi connectivity index (χ3v) is 4.14. The Morgan fingerprint density at radius 2 is 2.05 bits per heavy atom. The van der Waals surface area contributed by atoms with E-state index in [4.69, 9.17) is 4.74 Å². The number of hydrogen-bond acceptors (Lipinski definition) is 2. The Morgan fingerprint density at radius 3 is 2.79 bits per heavy atom. The summed E-state index contributed by atoms with van der Waals surface area (Å²) in [5.74, 6) is 2.49. The molecule has 2 atom stereocenters. The molecule has 19 heavy (non-hydrogen) atoms. The number of rotatable bonds is 6. The van der Waals surface area contributed by atoms with Gasteiger partial charge in [-0.05, 0) is 37.4 Å². The molecule has 0 saturated carbocycles. The number of fused-ring (bicyclic) bond motifs is 1. The molecular weight excluding hydrogens is 234 g/mol. The normalized spacial score (nSPS) is 19.9. The lowest BCUT2D eigenvalue weighted by Gasteiger charge is -2.31. The maximum absolute atomic E-state index is 5.91. The van der Waals surface area contributed by atoms with Crippen LogP contribution < -0.4 is 10.1 Å². The number of hydrogen-bond donors (Lipinski definition) is 1. The molecule has 2 nitrogen and oxygen atoms in total. The van der Waals surface area contributed by atoms with Crippen LogP contribution in [-0.4, -0.2) is 19.7 Å². The molecule has 1 heterocycles. The highest BCUT2D eigenvalue weighted by atomic mass is 16.5. The molecule has 1 N–H and O–H groups in total. The van der Waals surface area contributed by atoms with Crippen LogP contribution in [0.25, 0.3) is 0 Å². The van der Waals surface area contributed by atoms with Crippen molar-refractivity contribution in [2.75, 3.05) is 13.7 Å². The zero-order valence-electron chi connectivity index (χ0n) is 12.5. The Bertz CT molecular complexity index is 389. The summed E-state index contributed by atoms with van der Waals surface area (Å²) in [4.78, 5) is 0. The second kappa shape index (κ2) is 6.95. The van der Waals surface area contributed by atoms with Crippen LogP contribution in [0, 0.1) is 11.8 Å². The molecule has 1 aromatic rings. The van der Waals surface area contributed by atoms with E-state index in [1.165, 1.54) is 24.8 Å². The van der Waals surface area contributed by atoms with Gasteiger partial charge in [-0.3, -0.25) is 0 Å². The summed E-state index contributed by atoms with van der Waals surface area (Å²) >= 11 is 0. The standard InChI is InChI=1S/C17H27NO/c1-13(2)7-6-9-16(18-3)15-11-14-8-4-5-10-17(14)19-12-15/h4-5,8,10,13,15-16,18H,6-7,9,11-12H2,1-3H3. The lowest BCUT2D eigenvalue weighted by Crippen LogP contribution is -2.40. The third kappa shape index (κ3) is 3.97. The quantitative estimate of drug-likeness (QED) is 0.844. The van der Waals surface area contributed by atoms with E-state index in [2.05, 4.69) is 50.5 Å². The molecule has 2 unspecified atom stereocenters. The van der Waals surface area contributed by atoms with E-state index in [0.717, 1.165) is 24.7 Å². The zero-order valence-corrected chi connectivity index (χ0v) is 12.5. The molecule has 0 saturated heterocycles. The smallest absolute Gasteiger partial charge is 0.122 e. The average Bonchev–Trinajstić information content (AvgIpc) is 2.43. The van der Waals surface area contributed by atoms with Gasteiger partial charge < -0.3 is 10.1 Å². The Labute approximate surface area is 117 Å². The van der Waals surface area contributed by atoms with Crippen LogP contribution in [0.3, 0.4) is 0 Å². The predicted molar refractivity (Wildman–Crippen MR) is 80.7 cm³/mol. The van der Waals surface area contributed by atoms with Crippen LogP contribution in [0.1, 0.15) is 38.7 Å². The van der Waals surface area contributed by atoms with Crippen LogP contribution in [0.5, 0.6) is 5.75 Å². The highest BCUT2D eigenvalue weighted by Gasteiger charge is 2.26. The topological polar surface area (TPSA) is 21.3 Å². The van der Waals surface area contributed by atoms with E-state index in [9.17, 15) is 0 Å². The molecule has 0 fully saturated rings. The summed E-state index contributed by atoms with van der Waals surface area (Å²) in [7, 11) is 2.08. The lowest BCUT2D eigenvalue weighted by atomic mass is 9.87. The predicted octanol–water partition coefficient (Wildman–Crippen LogP) is 3.65. The first-order valence-electron chi connectivity index (χ1n) is 7.58. The molecular formula is C17H27NO. The van der Waals surface area contributed by atoms with Gasteiger partial charge in [-0.2, -0.15) is 0 Å². The monoisotopic (exact) mass is 261 g/mol. The first-order valence-corrected chi connectivity index (χ1v) is 7.58. The van der Waals surface area contributed by atoms with Crippen molar-refractivity contribution >= 4 is 0 Å². The van der Waals surface area contributed by atoms with E-state index in [-0.39, 0.29) is 0 Å². The lowest BCUT2D eigenvalue weighted by molar-refractivity contribution is 0.181. The van der Waals surface area contributed by atoms with Crippen molar-refractivity contribution in [3.63, 3.8) is 0 Å². The van der Waals surface area contributed by atoms with Crippen LogP contribution in [0.15, 0.2) is 24.3 Å². The molecule has 1 aromatic carbocycles. The fraction of sp³-hybridized carbons (Fsp3) is 0.647. The number of ether oxygens (including phenoxy) is 1. The van der Waals surface area contributed by atoms with Crippen molar-refractivity contribution in [3.8, 4) is 5.75 Å². The maximum atomic E-state index is 5.91. The Kier molecular flexibility index (Phi) is 5.26. The minimum absolute atomic E-state index is 0.576. The number of nitrogens with one attached hydrogen (secondary N) is 1. The van der Waals surface area contributed by atoms with Gasteiger partial charge in [0.15, 0.2) is 0 Å². The van der Waals surface area contributed by atoms with Crippen molar-refractivity contribution in [2.45, 2.75) is 45.6 Å². The SMILES string of the molecule is CNC(CCCC(C)C)C1COc2ccccc2C1. The maximum Gasteiger partial charge on any atom is 0.122 e. The molecule has 0 spiro atoms. The molecule has 1 aliphatic heterocycles. The number of para-hydroxylation sites is 1. The Hall–Kier alpha value is -1.02. The molecule has 0 radical (unpaired) electrons.